The van der Waals surface area contributed by atoms with Crippen LogP contribution >= 0.6 is 0 Å². The summed E-state index contributed by atoms with van der Waals surface area (Å²) in [5.74, 6) is 0.519. The quantitative estimate of drug-likeness (QED) is 0.855. The van der Waals surface area contributed by atoms with Crippen molar-refractivity contribution in [1.82, 2.24) is 10.3 Å². The molecule has 2 N–H and O–H groups in total. The van der Waals surface area contributed by atoms with Crippen LogP contribution in [0.4, 0.5) is 5.69 Å². The van der Waals surface area contributed by atoms with Crippen LogP contribution < -0.4 is 15.4 Å². The van der Waals surface area contributed by atoms with Gasteiger partial charge in [0.25, 0.3) is 0 Å². The predicted molar refractivity (Wildman–Crippen MR) is 82.3 cm³/mol. The molecule has 1 aromatic carbocycles. The van der Waals surface area contributed by atoms with Crippen LogP contribution in [0.15, 0.2) is 48.7 Å². The van der Waals surface area contributed by atoms with Crippen molar-refractivity contribution >= 4 is 11.6 Å². The van der Waals surface area contributed by atoms with Gasteiger partial charge >= 0.3 is 0 Å². The van der Waals surface area contributed by atoms with Crippen molar-refractivity contribution in [3.8, 4) is 5.75 Å². The van der Waals surface area contributed by atoms with Gasteiger partial charge in [-0.1, -0.05) is 18.2 Å². The molecule has 0 bridgehead atoms. The topological polar surface area (TPSA) is 63.2 Å². The number of methoxy groups -OCH3 is 1. The van der Waals surface area contributed by atoms with Gasteiger partial charge in [-0.05, 0) is 31.2 Å². The van der Waals surface area contributed by atoms with Gasteiger partial charge in [-0.3, -0.25) is 9.78 Å². The largest absolute Gasteiger partial charge is 0.495 e. The summed E-state index contributed by atoms with van der Waals surface area (Å²) in [6, 6.07) is 13.0. The molecule has 0 aliphatic rings. The Morgan fingerprint density at radius 1 is 1.24 bits per heavy atom. The molecule has 1 aromatic heterocycles. The molecule has 5 heteroatoms. The second-order valence-electron chi connectivity index (χ2n) is 4.61. The number of pyridine rings is 1. The second-order valence-corrected chi connectivity index (χ2v) is 4.61. The highest BCUT2D eigenvalue weighted by Crippen LogP contribution is 2.22. The molecule has 0 aliphatic heterocycles. The third kappa shape index (κ3) is 4.29. The van der Waals surface area contributed by atoms with Gasteiger partial charge in [0.15, 0.2) is 0 Å². The summed E-state index contributed by atoms with van der Waals surface area (Å²) in [7, 11) is 1.58. The molecule has 0 radical (unpaired) electrons. The van der Waals surface area contributed by atoms with Crippen LogP contribution in [0.5, 0.6) is 5.75 Å². The monoisotopic (exact) mass is 285 g/mol. The summed E-state index contributed by atoms with van der Waals surface area (Å²) in [5, 5.41) is 5.96. The third-order valence-electron chi connectivity index (χ3n) is 3.08. The van der Waals surface area contributed by atoms with Gasteiger partial charge < -0.3 is 15.4 Å². The fraction of sp³-hybridized carbons (Fsp3) is 0.250. The first-order valence-corrected chi connectivity index (χ1v) is 6.78. The molecule has 0 saturated heterocycles. The van der Waals surface area contributed by atoms with Crippen LogP contribution in [0.1, 0.15) is 18.7 Å². The maximum atomic E-state index is 12.0. The van der Waals surface area contributed by atoms with Crippen LogP contribution in [-0.2, 0) is 4.79 Å². The summed E-state index contributed by atoms with van der Waals surface area (Å²) >= 11 is 0. The Kier molecular flexibility index (Phi) is 5.29. The minimum Gasteiger partial charge on any atom is -0.495 e. The molecule has 0 saturated carbocycles. The summed E-state index contributed by atoms with van der Waals surface area (Å²) in [6.45, 7) is 2.18. The van der Waals surface area contributed by atoms with Crippen LogP contribution in [0.2, 0.25) is 0 Å². The normalized spacial score (nSPS) is 11.7. The molecule has 0 aliphatic carbocycles. The molecule has 1 amide bonds. The van der Waals surface area contributed by atoms with Crippen molar-refractivity contribution in [3.63, 3.8) is 0 Å². The van der Waals surface area contributed by atoms with E-state index in [2.05, 4.69) is 15.6 Å². The smallest absolute Gasteiger partial charge is 0.238 e. The Hall–Kier alpha value is -2.40. The molecule has 2 rings (SSSR count). The summed E-state index contributed by atoms with van der Waals surface area (Å²) in [6.07, 6.45) is 1.74. The van der Waals surface area contributed by atoms with Gasteiger partial charge in [0, 0.05) is 12.2 Å². The third-order valence-corrected chi connectivity index (χ3v) is 3.08. The van der Waals surface area contributed by atoms with Gasteiger partial charge in [-0.25, -0.2) is 0 Å². The molecular formula is C16H19N3O2. The highest BCUT2D eigenvalue weighted by atomic mass is 16.5. The van der Waals surface area contributed by atoms with E-state index in [4.69, 9.17) is 4.74 Å². The zero-order chi connectivity index (χ0) is 15.1. The van der Waals surface area contributed by atoms with E-state index in [1.807, 2.05) is 37.3 Å². The molecule has 1 heterocycles. The van der Waals surface area contributed by atoms with Crippen molar-refractivity contribution in [2.75, 3.05) is 19.0 Å². The SMILES string of the molecule is COc1ccccc1NC(=O)CNC(C)c1ccccn1. The van der Waals surface area contributed by atoms with E-state index >= 15 is 0 Å². The maximum absolute atomic E-state index is 12.0. The molecule has 21 heavy (non-hydrogen) atoms. The minimum atomic E-state index is -0.123. The lowest BCUT2D eigenvalue weighted by Gasteiger charge is -2.14. The number of amides is 1. The fourth-order valence-electron chi connectivity index (χ4n) is 1.92. The van der Waals surface area contributed by atoms with E-state index in [-0.39, 0.29) is 18.5 Å². The average Bonchev–Trinajstić information content (AvgIpc) is 2.54. The lowest BCUT2D eigenvalue weighted by molar-refractivity contribution is -0.115. The number of anilines is 1. The van der Waals surface area contributed by atoms with Crippen molar-refractivity contribution in [1.29, 1.82) is 0 Å². The highest BCUT2D eigenvalue weighted by Gasteiger charge is 2.10. The highest BCUT2D eigenvalue weighted by molar-refractivity contribution is 5.93. The molecule has 1 unspecified atom stereocenters. The number of nitrogens with zero attached hydrogens (tertiary/aromatic N) is 1. The Bertz CT molecular complexity index is 587. The molecule has 0 fully saturated rings. The maximum Gasteiger partial charge on any atom is 0.238 e. The van der Waals surface area contributed by atoms with Crippen LogP contribution in [0, 0.1) is 0 Å². The average molecular weight is 285 g/mol. The number of carbonyl (C=O) groups is 1. The Labute approximate surface area is 124 Å². The van der Waals surface area contributed by atoms with E-state index in [1.165, 1.54) is 0 Å². The number of benzene rings is 1. The number of rotatable bonds is 6. The number of ether oxygens (including phenoxy) is 1. The lowest BCUT2D eigenvalue weighted by Crippen LogP contribution is -2.30. The zero-order valence-corrected chi connectivity index (χ0v) is 12.2. The standard InChI is InChI=1S/C16H19N3O2/c1-12(13-7-5-6-10-17-13)18-11-16(20)19-14-8-3-4-9-15(14)21-2/h3-10,12,18H,11H2,1-2H3,(H,19,20). The first kappa shape index (κ1) is 15.0. The summed E-state index contributed by atoms with van der Waals surface area (Å²) in [4.78, 5) is 16.2. The Morgan fingerprint density at radius 3 is 2.71 bits per heavy atom. The fourth-order valence-corrected chi connectivity index (χ4v) is 1.92. The number of hydrogen-bond acceptors (Lipinski definition) is 4. The first-order valence-electron chi connectivity index (χ1n) is 6.78. The Balaban J connectivity index is 1.88. The molecule has 5 nitrogen and oxygen atoms in total. The summed E-state index contributed by atoms with van der Waals surface area (Å²) in [5.41, 5.74) is 1.57. The number of carbonyl (C=O) groups excluding carboxylic acids is 1. The lowest BCUT2D eigenvalue weighted by atomic mass is 10.2. The van der Waals surface area contributed by atoms with Crippen molar-refractivity contribution in [2.45, 2.75) is 13.0 Å². The van der Waals surface area contributed by atoms with Gasteiger partial charge in [0.05, 0.1) is 25.0 Å². The number of para-hydroxylation sites is 2. The molecular weight excluding hydrogens is 266 g/mol. The number of aromatic nitrogens is 1. The van der Waals surface area contributed by atoms with Crippen molar-refractivity contribution in [3.05, 3.63) is 54.4 Å². The zero-order valence-electron chi connectivity index (χ0n) is 12.2. The van der Waals surface area contributed by atoms with Crippen LogP contribution in [0.3, 0.4) is 0 Å². The van der Waals surface area contributed by atoms with Gasteiger partial charge in [-0.2, -0.15) is 0 Å². The van der Waals surface area contributed by atoms with E-state index in [0.717, 1.165) is 5.69 Å². The van der Waals surface area contributed by atoms with Crippen molar-refractivity contribution in [2.24, 2.45) is 0 Å². The predicted octanol–water partition coefficient (Wildman–Crippen LogP) is 2.38. The van der Waals surface area contributed by atoms with Crippen LogP contribution in [-0.4, -0.2) is 24.5 Å². The van der Waals surface area contributed by atoms with E-state index in [0.29, 0.717) is 11.4 Å². The second kappa shape index (κ2) is 7.40. The minimum absolute atomic E-state index is 0.00891. The van der Waals surface area contributed by atoms with E-state index < -0.39 is 0 Å². The molecule has 110 valence electrons. The number of nitrogens with one attached hydrogen (secondary N) is 2. The molecule has 2 aromatic rings. The molecule has 1 atom stereocenters. The van der Waals surface area contributed by atoms with Gasteiger partial charge in [-0.15, -0.1) is 0 Å². The van der Waals surface area contributed by atoms with Crippen molar-refractivity contribution < 1.29 is 9.53 Å². The van der Waals surface area contributed by atoms with Gasteiger partial charge in [0.2, 0.25) is 5.91 Å². The summed E-state index contributed by atoms with van der Waals surface area (Å²) < 4.78 is 5.20. The molecule has 0 spiro atoms. The van der Waals surface area contributed by atoms with Crippen LogP contribution in [0.25, 0.3) is 0 Å². The number of hydrogen-bond donors (Lipinski definition) is 2. The van der Waals surface area contributed by atoms with E-state index in [1.54, 1.807) is 25.4 Å². The first-order chi connectivity index (χ1) is 10.2. The van der Waals surface area contributed by atoms with Gasteiger partial charge in [0.1, 0.15) is 5.75 Å². The Morgan fingerprint density at radius 2 is 2.00 bits per heavy atom. The van der Waals surface area contributed by atoms with E-state index in [9.17, 15) is 4.79 Å².